The zero-order valence-corrected chi connectivity index (χ0v) is 19.5. The molecule has 0 spiro atoms. The van der Waals surface area contributed by atoms with E-state index in [-0.39, 0.29) is 5.02 Å². The van der Waals surface area contributed by atoms with Gasteiger partial charge in [0.2, 0.25) is 0 Å². The number of rotatable bonds is 8. The van der Waals surface area contributed by atoms with Crippen molar-refractivity contribution >= 4 is 23.0 Å². The minimum Gasteiger partial charge on any atom is -0.494 e. The van der Waals surface area contributed by atoms with E-state index in [0.717, 1.165) is 57.2 Å². The number of piperazine rings is 1. The molecule has 2 heterocycles. The van der Waals surface area contributed by atoms with Crippen LogP contribution in [0.5, 0.6) is 5.75 Å². The van der Waals surface area contributed by atoms with Crippen molar-refractivity contribution in [2.45, 2.75) is 25.7 Å². The van der Waals surface area contributed by atoms with Gasteiger partial charge in [0.15, 0.2) is 0 Å². The molecular formula is C26H33ClFN3O. The average molecular weight is 458 g/mol. The third-order valence-corrected chi connectivity index (χ3v) is 6.85. The maximum Gasteiger partial charge on any atom is 0.142 e. The number of ether oxygens (including phenoxy) is 1. The van der Waals surface area contributed by atoms with Crippen LogP contribution in [0.2, 0.25) is 5.02 Å². The van der Waals surface area contributed by atoms with Crippen molar-refractivity contribution in [3.8, 4) is 5.75 Å². The van der Waals surface area contributed by atoms with Crippen LogP contribution in [0.25, 0.3) is 5.70 Å². The average Bonchev–Trinajstić information content (AvgIpc) is 2.84. The van der Waals surface area contributed by atoms with Crippen molar-refractivity contribution in [2.24, 2.45) is 0 Å². The molecule has 0 saturated carbocycles. The fourth-order valence-corrected chi connectivity index (χ4v) is 4.78. The molecule has 2 aliphatic rings. The molecule has 0 atom stereocenters. The summed E-state index contributed by atoms with van der Waals surface area (Å²) < 4.78 is 19.7. The lowest BCUT2D eigenvalue weighted by Gasteiger charge is -2.38. The first kappa shape index (κ1) is 22.9. The standard InChI is InChI=1S/C26H33ClFN3O/c1-21(24-7-5-8-25(28)26(24)27)30-16-18-31(19-17-30)22-9-11-23(12-10-22)32-20-6-15-29-13-3-2-4-14-29/h5,7-12H,1-4,6,13-20H2. The molecule has 2 saturated heterocycles. The number of piperidine rings is 1. The van der Waals surface area contributed by atoms with Crippen LogP contribution in [0, 0.1) is 5.82 Å². The third-order valence-electron chi connectivity index (χ3n) is 6.46. The van der Waals surface area contributed by atoms with Crippen LogP contribution < -0.4 is 9.64 Å². The van der Waals surface area contributed by atoms with E-state index in [9.17, 15) is 4.39 Å². The van der Waals surface area contributed by atoms with Gasteiger partial charge in [0.25, 0.3) is 0 Å². The van der Waals surface area contributed by atoms with Crippen molar-refractivity contribution in [1.82, 2.24) is 9.80 Å². The summed E-state index contributed by atoms with van der Waals surface area (Å²) in [6.45, 7) is 11.9. The lowest BCUT2D eigenvalue weighted by molar-refractivity contribution is 0.205. The SMILES string of the molecule is C=C(c1cccc(F)c1Cl)N1CCN(c2ccc(OCCCN3CCCCC3)cc2)CC1. The summed E-state index contributed by atoms with van der Waals surface area (Å²) in [7, 11) is 0. The lowest BCUT2D eigenvalue weighted by Crippen LogP contribution is -2.45. The fourth-order valence-electron chi connectivity index (χ4n) is 4.55. The predicted molar refractivity (Wildman–Crippen MR) is 131 cm³/mol. The summed E-state index contributed by atoms with van der Waals surface area (Å²) in [4.78, 5) is 7.08. The Morgan fingerprint density at radius 3 is 2.38 bits per heavy atom. The van der Waals surface area contributed by atoms with Gasteiger partial charge in [-0.1, -0.05) is 36.7 Å². The van der Waals surface area contributed by atoms with Gasteiger partial charge in [-0.05, 0) is 62.7 Å². The number of nitrogens with zero attached hydrogens (tertiary/aromatic N) is 3. The summed E-state index contributed by atoms with van der Waals surface area (Å²) in [6.07, 6.45) is 5.12. The Hall–Kier alpha value is -2.24. The molecular weight excluding hydrogens is 425 g/mol. The quantitative estimate of drug-likeness (QED) is 0.485. The predicted octanol–water partition coefficient (Wildman–Crippen LogP) is 5.53. The number of hydrogen-bond acceptors (Lipinski definition) is 4. The third kappa shape index (κ3) is 5.76. The summed E-state index contributed by atoms with van der Waals surface area (Å²) in [6, 6.07) is 13.3. The molecule has 172 valence electrons. The first-order chi connectivity index (χ1) is 15.6. The molecule has 6 heteroatoms. The van der Waals surface area contributed by atoms with E-state index in [1.165, 1.54) is 44.1 Å². The fraction of sp³-hybridized carbons (Fsp3) is 0.462. The number of anilines is 1. The van der Waals surface area contributed by atoms with E-state index < -0.39 is 5.82 Å². The molecule has 32 heavy (non-hydrogen) atoms. The number of likely N-dealkylation sites (tertiary alicyclic amines) is 1. The summed E-state index contributed by atoms with van der Waals surface area (Å²) in [5.41, 5.74) is 2.64. The summed E-state index contributed by atoms with van der Waals surface area (Å²) in [5.74, 6) is 0.526. The van der Waals surface area contributed by atoms with Gasteiger partial charge in [-0.15, -0.1) is 0 Å². The molecule has 0 unspecified atom stereocenters. The zero-order valence-electron chi connectivity index (χ0n) is 18.7. The van der Waals surface area contributed by atoms with Crippen molar-refractivity contribution in [1.29, 1.82) is 0 Å². The Kier molecular flexibility index (Phi) is 7.93. The molecule has 2 fully saturated rings. The maximum atomic E-state index is 13.8. The highest BCUT2D eigenvalue weighted by molar-refractivity contribution is 6.32. The molecule has 0 radical (unpaired) electrons. The first-order valence-corrected chi connectivity index (χ1v) is 12.1. The monoisotopic (exact) mass is 457 g/mol. The van der Waals surface area contributed by atoms with E-state index in [1.807, 2.05) is 6.07 Å². The normalized spacial score (nSPS) is 17.4. The Morgan fingerprint density at radius 2 is 1.66 bits per heavy atom. The van der Waals surface area contributed by atoms with Crippen LogP contribution in [-0.4, -0.2) is 62.2 Å². The second-order valence-electron chi connectivity index (χ2n) is 8.62. The molecule has 0 N–H and O–H groups in total. The Bertz CT molecular complexity index is 890. The van der Waals surface area contributed by atoms with Gasteiger partial charge in [-0.25, -0.2) is 4.39 Å². The minimum absolute atomic E-state index is 0.145. The van der Waals surface area contributed by atoms with Crippen molar-refractivity contribution < 1.29 is 9.13 Å². The van der Waals surface area contributed by atoms with E-state index in [1.54, 1.807) is 6.07 Å². The smallest absolute Gasteiger partial charge is 0.142 e. The van der Waals surface area contributed by atoms with Crippen LogP contribution in [0.1, 0.15) is 31.2 Å². The van der Waals surface area contributed by atoms with Gasteiger partial charge in [-0.3, -0.25) is 0 Å². The van der Waals surface area contributed by atoms with E-state index >= 15 is 0 Å². The van der Waals surface area contributed by atoms with E-state index in [0.29, 0.717) is 5.56 Å². The molecule has 0 aromatic heterocycles. The highest BCUT2D eigenvalue weighted by Gasteiger charge is 2.21. The van der Waals surface area contributed by atoms with E-state index in [4.69, 9.17) is 16.3 Å². The highest BCUT2D eigenvalue weighted by atomic mass is 35.5. The summed E-state index contributed by atoms with van der Waals surface area (Å²) in [5, 5.41) is 0.145. The molecule has 0 aliphatic carbocycles. The second-order valence-corrected chi connectivity index (χ2v) is 9.00. The molecule has 2 aromatic carbocycles. The molecule has 0 bridgehead atoms. The van der Waals surface area contributed by atoms with Crippen LogP contribution in [0.4, 0.5) is 10.1 Å². The van der Waals surface area contributed by atoms with Crippen molar-refractivity contribution in [3.63, 3.8) is 0 Å². The van der Waals surface area contributed by atoms with Gasteiger partial charge in [0.1, 0.15) is 11.6 Å². The Balaban J connectivity index is 1.22. The van der Waals surface area contributed by atoms with Gasteiger partial charge in [0, 0.05) is 49.7 Å². The lowest BCUT2D eigenvalue weighted by atomic mass is 10.1. The largest absolute Gasteiger partial charge is 0.494 e. The highest BCUT2D eigenvalue weighted by Crippen LogP contribution is 2.29. The van der Waals surface area contributed by atoms with Crippen LogP contribution >= 0.6 is 11.6 Å². The van der Waals surface area contributed by atoms with Crippen LogP contribution in [0.15, 0.2) is 49.0 Å². The Labute approximate surface area is 196 Å². The minimum atomic E-state index is -0.405. The second kappa shape index (κ2) is 11.1. The maximum absolute atomic E-state index is 13.8. The van der Waals surface area contributed by atoms with Gasteiger partial charge < -0.3 is 19.4 Å². The van der Waals surface area contributed by atoms with Crippen molar-refractivity contribution in [3.05, 3.63) is 65.4 Å². The molecule has 2 aromatic rings. The number of halogens is 2. The molecule has 4 nitrogen and oxygen atoms in total. The first-order valence-electron chi connectivity index (χ1n) is 11.7. The van der Waals surface area contributed by atoms with Crippen molar-refractivity contribution in [2.75, 3.05) is 57.3 Å². The molecule has 4 rings (SSSR count). The zero-order chi connectivity index (χ0) is 22.3. The number of hydrogen-bond donors (Lipinski definition) is 0. The van der Waals surface area contributed by atoms with Crippen LogP contribution in [0.3, 0.4) is 0 Å². The Morgan fingerprint density at radius 1 is 0.938 bits per heavy atom. The van der Waals surface area contributed by atoms with Gasteiger partial charge in [-0.2, -0.15) is 0 Å². The van der Waals surface area contributed by atoms with Gasteiger partial charge in [0.05, 0.1) is 11.6 Å². The van der Waals surface area contributed by atoms with Gasteiger partial charge >= 0.3 is 0 Å². The molecule has 2 aliphatic heterocycles. The summed E-state index contributed by atoms with van der Waals surface area (Å²) >= 11 is 6.14. The molecule has 0 amide bonds. The van der Waals surface area contributed by atoms with Crippen LogP contribution in [-0.2, 0) is 0 Å². The van der Waals surface area contributed by atoms with E-state index in [2.05, 4.69) is 45.5 Å². The number of benzene rings is 2. The topological polar surface area (TPSA) is 19.0 Å².